The molecule has 3 heteroatoms. The summed E-state index contributed by atoms with van der Waals surface area (Å²) < 4.78 is 1.01. The lowest BCUT2D eigenvalue weighted by atomic mass is 10.3. The lowest BCUT2D eigenvalue weighted by Gasteiger charge is -2.20. The highest BCUT2D eigenvalue weighted by Gasteiger charge is 2.00. The SMILES string of the molecule is C=C(Br)CNCCN(C)C(C)C. The molecule has 0 atom stereocenters. The molecule has 0 amide bonds. The van der Waals surface area contributed by atoms with Crippen LogP contribution in [0.1, 0.15) is 13.8 Å². The summed E-state index contributed by atoms with van der Waals surface area (Å²) in [7, 11) is 2.13. The summed E-state index contributed by atoms with van der Waals surface area (Å²) in [6.07, 6.45) is 0. The van der Waals surface area contributed by atoms with Gasteiger partial charge in [-0.05, 0) is 20.9 Å². The molecule has 0 fully saturated rings. The highest BCUT2D eigenvalue weighted by molar-refractivity contribution is 9.11. The van der Waals surface area contributed by atoms with Gasteiger partial charge in [-0.15, -0.1) is 0 Å². The van der Waals surface area contributed by atoms with Crippen LogP contribution in [0.25, 0.3) is 0 Å². The van der Waals surface area contributed by atoms with Crippen LogP contribution in [0.4, 0.5) is 0 Å². The molecule has 0 aromatic carbocycles. The Labute approximate surface area is 84.1 Å². The Kier molecular flexibility index (Phi) is 6.71. The van der Waals surface area contributed by atoms with Crippen molar-refractivity contribution in [1.82, 2.24) is 10.2 Å². The molecule has 0 aliphatic rings. The molecule has 12 heavy (non-hydrogen) atoms. The number of rotatable bonds is 6. The first-order valence-corrected chi connectivity index (χ1v) is 5.07. The Morgan fingerprint density at radius 1 is 1.58 bits per heavy atom. The Hall–Kier alpha value is 0.140. The number of nitrogens with zero attached hydrogens (tertiary/aromatic N) is 1. The quantitative estimate of drug-likeness (QED) is 0.706. The Bertz CT molecular complexity index is 134. The molecule has 0 aromatic rings. The fourth-order valence-electron chi connectivity index (χ4n) is 0.738. The molecule has 0 saturated carbocycles. The second-order valence-corrected chi connectivity index (χ2v) is 4.39. The van der Waals surface area contributed by atoms with Crippen molar-refractivity contribution in [3.63, 3.8) is 0 Å². The summed E-state index contributed by atoms with van der Waals surface area (Å²) in [5, 5.41) is 3.28. The highest BCUT2D eigenvalue weighted by Crippen LogP contribution is 1.96. The normalized spacial score (nSPS) is 11.2. The van der Waals surface area contributed by atoms with Crippen molar-refractivity contribution < 1.29 is 0 Å². The second kappa shape index (κ2) is 6.63. The largest absolute Gasteiger partial charge is 0.311 e. The van der Waals surface area contributed by atoms with Gasteiger partial charge >= 0.3 is 0 Å². The summed E-state index contributed by atoms with van der Waals surface area (Å²) in [4.78, 5) is 2.31. The second-order valence-electron chi connectivity index (χ2n) is 3.27. The van der Waals surface area contributed by atoms with Crippen LogP contribution in [0.15, 0.2) is 11.1 Å². The number of likely N-dealkylation sites (N-methyl/N-ethyl adjacent to an activating group) is 1. The molecular weight excluding hydrogens is 216 g/mol. The molecule has 2 nitrogen and oxygen atoms in total. The van der Waals surface area contributed by atoms with Gasteiger partial charge in [0.25, 0.3) is 0 Å². The molecule has 0 bridgehead atoms. The molecule has 0 radical (unpaired) electrons. The summed E-state index contributed by atoms with van der Waals surface area (Å²) in [6, 6.07) is 0.624. The molecule has 0 rings (SSSR count). The topological polar surface area (TPSA) is 15.3 Å². The highest BCUT2D eigenvalue weighted by atomic mass is 79.9. The maximum Gasteiger partial charge on any atom is 0.0266 e. The molecule has 0 heterocycles. The minimum Gasteiger partial charge on any atom is -0.311 e. The summed E-state index contributed by atoms with van der Waals surface area (Å²) >= 11 is 3.30. The van der Waals surface area contributed by atoms with Crippen molar-refractivity contribution in [2.75, 3.05) is 26.7 Å². The third-order valence-electron chi connectivity index (χ3n) is 1.84. The van der Waals surface area contributed by atoms with E-state index in [-0.39, 0.29) is 0 Å². The number of nitrogens with one attached hydrogen (secondary N) is 1. The maximum atomic E-state index is 3.75. The van der Waals surface area contributed by atoms with E-state index in [9.17, 15) is 0 Å². The van der Waals surface area contributed by atoms with Crippen molar-refractivity contribution in [2.45, 2.75) is 19.9 Å². The molecule has 0 saturated heterocycles. The van der Waals surface area contributed by atoms with Crippen molar-refractivity contribution >= 4 is 15.9 Å². The van der Waals surface area contributed by atoms with E-state index in [1.54, 1.807) is 0 Å². The van der Waals surface area contributed by atoms with Gasteiger partial charge in [0.15, 0.2) is 0 Å². The summed E-state index contributed by atoms with van der Waals surface area (Å²) in [5.41, 5.74) is 0. The van der Waals surface area contributed by atoms with Gasteiger partial charge < -0.3 is 10.2 Å². The predicted octanol–water partition coefficient (Wildman–Crippen LogP) is 1.82. The van der Waals surface area contributed by atoms with Crippen LogP contribution in [-0.4, -0.2) is 37.6 Å². The Morgan fingerprint density at radius 3 is 2.58 bits per heavy atom. The molecule has 72 valence electrons. The van der Waals surface area contributed by atoms with Crippen molar-refractivity contribution in [3.8, 4) is 0 Å². The van der Waals surface area contributed by atoms with Crippen LogP contribution >= 0.6 is 15.9 Å². The van der Waals surface area contributed by atoms with E-state index in [0.717, 1.165) is 24.1 Å². The van der Waals surface area contributed by atoms with Gasteiger partial charge in [0.2, 0.25) is 0 Å². The van der Waals surface area contributed by atoms with Gasteiger partial charge in [0, 0.05) is 30.2 Å². The van der Waals surface area contributed by atoms with Gasteiger partial charge in [-0.1, -0.05) is 22.5 Å². The minimum atomic E-state index is 0.624. The van der Waals surface area contributed by atoms with E-state index >= 15 is 0 Å². The molecular formula is C9H19BrN2. The van der Waals surface area contributed by atoms with Crippen molar-refractivity contribution in [1.29, 1.82) is 0 Å². The van der Waals surface area contributed by atoms with E-state index in [4.69, 9.17) is 0 Å². The van der Waals surface area contributed by atoms with Gasteiger partial charge in [0.05, 0.1) is 0 Å². The van der Waals surface area contributed by atoms with Gasteiger partial charge in [-0.3, -0.25) is 0 Å². The van der Waals surface area contributed by atoms with Crippen LogP contribution in [0.5, 0.6) is 0 Å². The maximum absolute atomic E-state index is 3.75. The smallest absolute Gasteiger partial charge is 0.0266 e. The van der Waals surface area contributed by atoms with Crippen molar-refractivity contribution in [3.05, 3.63) is 11.1 Å². The van der Waals surface area contributed by atoms with E-state index in [1.165, 1.54) is 0 Å². The fraction of sp³-hybridized carbons (Fsp3) is 0.778. The van der Waals surface area contributed by atoms with E-state index in [1.807, 2.05) is 0 Å². The van der Waals surface area contributed by atoms with Crippen molar-refractivity contribution in [2.24, 2.45) is 0 Å². The average Bonchev–Trinajstić information content (AvgIpc) is 1.97. The van der Waals surface area contributed by atoms with E-state index in [0.29, 0.717) is 6.04 Å². The molecule has 0 aliphatic heterocycles. The first-order chi connectivity index (χ1) is 5.54. The van der Waals surface area contributed by atoms with Gasteiger partial charge in [0.1, 0.15) is 0 Å². The third-order valence-corrected chi connectivity index (χ3v) is 2.12. The lowest BCUT2D eigenvalue weighted by Crippen LogP contribution is -2.34. The zero-order valence-electron chi connectivity index (χ0n) is 8.23. The molecule has 1 N–H and O–H groups in total. The van der Waals surface area contributed by atoms with Crippen LogP contribution in [-0.2, 0) is 0 Å². The predicted molar refractivity (Wildman–Crippen MR) is 58.7 cm³/mol. The molecule has 0 aromatic heterocycles. The first-order valence-electron chi connectivity index (χ1n) is 4.28. The van der Waals surface area contributed by atoms with Crippen LogP contribution in [0.2, 0.25) is 0 Å². The first kappa shape index (κ1) is 12.1. The Balaban J connectivity index is 3.25. The van der Waals surface area contributed by atoms with E-state index in [2.05, 4.69) is 53.6 Å². The molecule has 0 spiro atoms. The van der Waals surface area contributed by atoms with Crippen LogP contribution < -0.4 is 5.32 Å². The summed E-state index contributed by atoms with van der Waals surface area (Å²) in [6.45, 7) is 11.1. The standard InChI is InChI=1S/C9H19BrN2/c1-8(2)12(4)6-5-11-7-9(3)10/h8,11H,3,5-7H2,1-2,4H3. The average molecular weight is 235 g/mol. The lowest BCUT2D eigenvalue weighted by molar-refractivity contribution is 0.275. The Morgan fingerprint density at radius 2 is 2.17 bits per heavy atom. The number of hydrogen-bond acceptors (Lipinski definition) is 2. The summed E-state index contributed by atoms with van der Waals surface area (Å²) in [5.74, 6) is 0. The zero-order valence-corrected chi connectivity index (χ0v) is 9.82. The van der Waals surface area contributed by atoms with Crippen LogP contribution in [0.3, 0.4) is 0 Å². The number of halogens is 1. The number of hydrogen-bond donors (Lipinski definition) is 1. The molecule has 0 aliphatic carbocycles. The van der Waals surface area contributed by atoms with E-state index < -0.39 is 0 Å². The monoisotopic (exact) mass is 234 g/mol. The van der Waals surface area contributed by atoms with Gasteiger partial charge in [-0.25, -0.2) is 0 Å². The van der Waals surface area contributed by atoms with Crippen LogP contribution in [0, 0.1) is 0 Å². The zero-order chi connectivity index (χ0) is 9.56. The molecule has 0 unspecified atom stereocenters. The minimum absolute atomic E-state index is 0.624. The fourth-order valence-corrected chi connectivity index (χ4v) is 0.936. The third kappa shape index (κ3) is 6.83. The van der Waals surface area contributed by atoms with Gasteiger partial charge in [-0.2, -0.15) is 0 Å².